The van der Waals surface area contributed by atoms with Crippen LogP contribution in [0.5, 0.6) is 0 Å². The fourth-order valence-electron chi connectivity index (χ4n) is 3.46. The Morgan fingerprint density at radius 2 is 1.78 bits per heavy atom. The summed E-state index contributed by atoms with van der Waals surface area (Å²) in [6.07, 6.45) is 2.30. The zero-order valence-corrected chi connectivity index (χ0v) is 16.5. The first-order chi connectivity index (χ1) is 13.1. The molecule has 0 aliphatic carbocycles. The minimum Gasteiger partial charge on any atom is -0.379 e. The number of hydrogen-bond acceptors (Lipinski definition) is 3. The Kier molecular flexibility index (Phi) is 7.02. The van der Waals surface area contributed by atoms with Crippen molar-refractivity contribution in [3.8, 4) is 0 Å². The average molecular weight is 367 g/mol. The summed E-state index contributed by atoms with van der Waals surface area (Å²) in [5.74, 6) is 0.0658. The van der Waals surface area contributed by atoms with E-state index in [0.29, 0.717) is 6.42 Å². The zero-order chi connectivity index (χ0) is 19.1. The largest absolute Gasteiger partial charge is 0.379 e. The Morgan fingerprint density at radius 1 is 1.04 bits per heavy atom. The quantitative estimate of drug-likeness (QED) is 0.811. The lowest BCUT2D eigenvalue weighted by atomic mass is 10.0. The predicted octanol–water partition coefficient (Wildman–Crippen LogP) is 3.75. The molecule has 0 unspecified atom stereocenters. The number of carbonyl (C=O) groups excluding carboxylic acids is 1. The molecule has 2 aromatic rings. The minimum atomic E-state index is 0.0658. The van der Waals surface area contributed by atoms with Crippen LogP contribution in [0.2, 0.25) is 0 Å². The molecule has 1 heterocycles. The number of amides is 1. The molecule has 0 radical (unpaired) electrons. The monoisotopic (exact) mass is 366 g/mol. The van der Waals surface area contributed by atoms with Gasteiger partial charge in [0.15, 0.2) is 0 Å². The van der Waals surface area contributed by atoms with Crippen LogP contribution in [0.4, 0.5) is 5.69 Å². The third-order valence-corrected chi connectivity index (χ3v) is 5.18. The third-order valence-electron chi connectivity index (χ3n) is 5.18. The second-order valence-electron chi connectivity index (χ2n) is 7.38. The van der Waals surface area contributed by atoms with Gasteiger partial charge in [-0.15, -0.1) is 0 Å². The third kappa shape index (κ3) is 6.19. The van der Waals surface area contributed by atoms with Gasteiger partial charge in [0.05, 0.1) is 13.2 Å². The molecule has 1 aliphatic rings. The van der Waals surface area contributed by atoms with Crippen molar-refractivity contribution in [2.75, 3.05) is 38.2 Å². The van der Waals surface area contributed by atoms with Gasteiger partial charge in [-0.05, 0) is 55.5 Å². The number of hydrogen-bond donors (Lipinski definition) is 1. The van der Waals surface area contributed by atoms with Gasteiger partial charge in [0, 0.05) is 31.7 Å². The molecule has 1 amide bonds. The van der Waals surface area contributed by atoms with Gasteiger partial charge in [-0.2, -0.15) is 0 Å². The average Bonchev–Trinajstić information content (AvgIpc) is 2.67. The smallest absolute Gasteiger partial charge is 0.224 e. The highest BCUT2D eigenvalue weighted by atomic mass is 16.5. The van der Waals surface area contributed by atoms with E-state index in [-0.39, 0.29) is 5.91 Å². The molecule has 0 aromatic heterocycles. The maximum atomic E-state index is 12.3. The first-order valence-electron chi connectivity index (χ1n) is 9.85. The summed E-state index contributed by atoms with van der Waals surface area (Å²) >= 11 is 0. The van der Waals surface area contributed by atoms with Gasteiger partial charge in [0.1, 0.15) is 0 Å². The van der Waals surface area contributed by atoms with Crippen molar-refractivity contribution in [2.45, 2.75) is 33.1 Å². The number of aryl methyl sites for hydroxylation is 3. The van der Waals surface area contributed by atoms with E-state index in [4.69, 9.17) is 4.74 Å². The maximum Gasteiger partial charge on any atom is 0.224 e. The van der Waals surface area contributed by atoms with E-state index in [1.165, 1.54) is 22.3 Å². The molecule has 1 N–H and O–H groups in total. The summed E-state index contributed by atoms with van der Waals surface area (Å²) in [5, 5.41) is 3.01. The van der Waals surface area contributed by atoms with Gasteiger partial charge in [0.25, 0.3) is 0 Å². The van der Waals surface area contributed by atoms with E-state index in [0.717, 1.165) is 51.4 Å². The normalized spacial score (nSPS) is 14.9. The molecule has 1 fully saturated rings. The molecule has 1 aliphatic heterocycles. The van der Waals surface area contributed by atoms with Crippen molar-refractivity contribution in [2.24, 2.45) is 0 Å². The molecule has 4 heteroatoms. The first kappa shape index (κ1) is 19.6. The molecule has 2 aromatic carbocycles. The molecule has 1 saturated heterocycles. The number of benzene rings is 2. The summed E-state index contributed by atoms with van der Waals surface area (Å²) < 4.78 is 5.38. The number of nitrogens with zero attached hydrogens (tertiary/aromatic N) is 1. The molecule has 0 bridgehead atoms. The lowest BCUT2D eigenvalue weighted by Gasteiger charge is -2.26. The van der Waals surface area contributed by atoms with Crippen molar-refractivity contribution >= 4 is 11.6 Å². The molecule has 0 spiro atoms. The van der Waals surface area contributed by atoms with E-state index in [1.54, 1.807) is 0 Å². The van der Waals surface area contributed by atoms with Crippen molar-refractivity contribution in [1.82, 2.24) is 4.90 Å². The van der Waals surface area contributed by atoms with Crippen LogP contribution in [0.3, 0.4) is 0 Å². The molecule has 144 valence electrons. The SMILES string of the molecule is Cc1ccc(CCC(=O)Nc2ccc(CCN3CCOCC3)cc2)c(C)c1. The highest BCUT2D eigenvalue weighted by Crippen LogP contribution is 2.15. The molecular formula is C23H30N2O2. The van der Waals surface area contributed by atoms with Crippen LogP contribution >= 0.6 is 0 Å². The highest BCUT2D eigenvalue weighted by Gasteiger charge is 2.10. The second-order valence-corrected chi connectivity index (χ2v) is 7.38. The Labute approximate surface area is 162 Å². The number of morpholine rings is 1. The second kappa shape index (κ2) is 9.67. The fourth-order valence-corrected chi connectivity index (χ4v) is 3.46. The standard InChI is InChI=1S/C23H30N2O2/c1-18-3-6-21(19(2)17-18)7-10-23(26)24-22-8-4-20(5-9-22)11-12-25-13-15-27-16-14-25/h3-6,8-9,17H,7,10-16H2,1-2H3,(H,24,26). The Balaban J connectivity index is 1.43. The lowest BCUT2D eigenvalue weighted by Crippen LogP contribution is -2.37. The topological polar surface area (TPSA) is 41.6 Å². The zero-order valence-electron chi connectivity index (χ0n) is 16.5. The summed E-state index contributed by atoms with van der Waals surface area (Å²) in [6, 6.07) is 14.6. The lowest BCUT2D eigenvalue weighted by molar-refractivity contribution is -0.116. The van der Waals surface area contributed by atoms with Crippen molar-refractivity contribution in [1.29, 1.82) is 0 Å². The van der Waals surface area contributed by atoms with Crippen LogP contribution in [0, 0.1) is 13.8 Å². The first-order valence-corrected chi connectivity index (χ1v) is 9.85. The molecule has 4 nitrogen and oxygen atoms in total. The van der Waals surface area contributed by atoms with E-state index in [1.807, 2.05) is 12.1 Å². The summed E-state index contributed by atoms with van der Waals surface area (Å²) in [7, 11) is 0. The number of carbonyl (C=O) groups is 1. The summed E-state index contributed by atoms with van der Waals surface area (Å²) in [5.41, 5.74) is 5.93. The number of rotatable bonds is 7. The Hall–Kier alpha value is -2.17. The molecule has 0 atom stereocenters. The van der Waals surface area contributed by atoms with Crippen LogP contribution in [0.25, 0.3) is 0 Å². The Morgan fingerprint density at radius 3 is 2.48 bits per heavy atom. The van der Waals surface area contributed by atoms with Crippen LogP contribution in [0.1, 0.15) is 28.7 Å². The predicted molar refractivity (Wildman–Crippen MR) is 110 cm³/mol. The van der Waals surface area contributed by atoms with Gasteiger partial charge in [-0.25, -0.2) is 0 Å². The van der Waals surface area contributed by atoms with Crippen LogP contribution in [0.15, 0.2) is 42.5 Å². The van der Waals surface area contributed by atoms with Crippen LogP contribution < -0.4 is 5.32 Å². The van der Waals surface area contributed by atoms with Gasteiger partial charge < -0.3 is 10.1 Å². The van der Waals surface area contributed by atoms with Crippen LogP contribution in [-0.2, 0) is 22.4 Å². The van der Waals surface area contributed by atoms with Crippen LogP contribution in [-0.4, -0.2) is 43.7 Å². The highest BCUT2D eigenvalue weighted by molar-refractivity contribution is 5.90. The summed E-state index contributed by atoms with van der Waals surface area (Å²) in [6.45, 7) is 8.98. The van der Waals surface area contributed by atoms with E-state index in [2.05, 4.69) is 54.4 Å². The molecule has 27 heavy (non-hydrogen) atoms. The fraction of sp³-hybridized carbons (Fsp3) is 0.435. The van der Waals surface area contributed by atoms with Gasteiger partial charge >= 0.3 is 0 Å². The number of ether oxygens (including phenoxy) is 1. The van der Waals surface area contributed by atoms with Crippen molar-refractivity contribution in [3.05, 3.63) is 64.7 Å². The van der Waals surface area contributed by atoms with Gasteiger partial charge in [-0.3, -0.25) is 9.69 Å². The summed E-state index contributed by atoms with van der Waals surface area (Å²) in [4.78, 5) is 14.7. The number of anilines is 1. The van der Waals surface area contributed by atoms with E-state index in [9.17, 15) is 4.79 Å². The molecular weight excluding hydrogens is 336 g/mol. The van der Waals surface area contributed by atoms with E-state index >= 15 is 0 Å². The molecule has 0 saturated carbocycles. The maximum absolute atomic E-state index is 12.3. The van der Waals surface area contributed by atoms with E-state index < -0.39 is 0 Å². The van der Waals surface area contributed by atoms with Gasteiger partial charge in [0.2, 0.25) is 5.91 Å². The minimum absolute atomic E-state index is 0.0658. The van der Waals surface area contributed by atoms with Crippen molar-refractivity contribution in [3.63, 3.8) is 0 Å². The molecule has 3 rings (SSSR count). The van der Waals surface area contributed by atoms with Crippen molar-refractivity contribution < 1.29 is 9.53 Å². The number of nitrogens with one attached hydrogen (secondary N) is 1. The Bertz CT molecular complexity index is 749. The van der Waals surface area contributed by atoms with Gasteiger partial charge in [-0.1, -0.05) is 35.9 Å².